The predicted molar refractivity (Wildman–Crippen MR) is 40.4 cm³/mol. The predicted octanol–water partition coefficient (Wildman–Crippen LogP) is 1.38. The standard InChI is InChI=1S/C9H15N/c10-8-3-6-1-5-2-7(4-8)9(5)6/h5-9H,1-4,10H2/t5?,6-,7+,8?,9?. The summed E-state index contributed by atoms with van der Waals surface area (Å²) in [6.45, 7) is 0. The lowest BCUT2D eigenvalue weighted by Gasteiger charge is -2.63. The van der Waals surface area contributed by atoms with E-state index in [1.54, 1.807) is 0 Å². The van der Waals surface area contributed by atoms with E-state index in [1.165, 1.54) is 25.7 Å². The highest BCUT2D eigenvalue weighted by molar-refractivity contribution is 5.06. The Morgan fingerprint density at radius 2 is 1.30 bits per heavy atom. The summed E-state index contributed by atoms with van der Waals surface area (Å²) in [4.78, 5) is 0. The van der Waals surface area contributed by atoms with Gasteiger partial charge in [-0.25, -0.2) is 0 Å². The molecule has 0 heterocycles. The van der Waals surface area contributed by atoms with Gasteiger partial charge in [0.25, 0.3) is 0 Å². The van der Waals surface area contributed by atoms with Gasteiger partial charge in [0.15, 0.2) is 0 Å². The third-order valence-corrected chi connectivity index (χ3v) is 4.05. The fraction of sp³-hybridized carbons (Fsp3) is 1.00. The second-order valence-electron chi connectivity index (χ2n) is 4.56. The first-order valence-electron chi connectivity index (χ1n) is 4.60. The molecule has 5 atom stereocenters. The van der Waals surface area contributed by atoms with E-state index in [0.717, 1.165) is 23.7 Å². The number of rotatable bonds is 0. The summed E-state index contributed by atoms with van der Waals surface area (Å²) in [5.41, 5.74) is 5.94. The molecule has 1 heteroatoms. The monoisotopic (exact) mass is 137 g/mol. The van der Waals surface area contributed by atoms with Gasteiger partial charge in [0.05, 0.1) is 0 Å². The first-order chi connectivity index (χ1) is 4.84. The van der Waals surface area contributed by atoms with Gasteiger partial charge in [-0.2, -0.15) is 0 Å². The quantitative estimate of drug-likeness (QED) is 0.536. The van der Waals surface area contributed by atoms with E-state index in [2.05, 4.69) is 0 Å². The van der Waals surface area contributed by atoms with E-state index >= 15 is 0 Å². The minimum Gasteiger partial charge on any atom is -0.328 e. The van der Waals surface area contributed by atoms with Crippen LogP contribution in [0.3, 0.4) is 0 Å². The molecule has 3 fully saturated rings. The van der Waals surface area contributed by atoms with E-state index in [-0.39, 0.29) is 0 Å². The Morgan fingerprint density at radius 3 is 1.80 bits per heavy atom. The summed E-state index contributed by atoms with van der Waals surface area (Å²) < 4.78 is 0. The summed E-state index contributed by atoms with van der Waals surface area (Å²) in [6.07, 6.45) is 5.74. The molecule has 56 valence electrons. The molecule has 3 rings (SSSR count). The fourth-order valence-corrected chi connectivity index (χ4v) is 3.65. The molecule has 3 saturated carbocycles. The molecule has 2 N–H and O–H groups in total. The average Bonchev–Trinajstić information content (AvgIpc) is 1.78. The Morgan fingerprint density at radius 1 is 0.800 bits per heavy atom. The summed E-state index contributed by atoms with van der Waals surface area (Å²) in [5.74, 6) is 4.43. The third-order valence-electron chi connectivity index (χ3n) is 4.05. The normalized spacial score (nSPS) is 63.9. The Balaban J connectivity index is 1.80. The largest absolute Gasteiger partial charge is 0.328 e. The molecule has 3 unspecified atom stereocenters. The molecule has 0 spiro atoms. The van der Waals surface area contributed by atoms with Gasteiger partial charge in [-0.3, -0.25) is 0 Å². The molecule has 1 nitrogen and oxygen atoms in total. The van der Waals surface area contributed by atoms with E-state index in [1.807, 2.05) is 0 Å². The van der Waals surface area contributed by atoms with Gasteiger partial charge in [-0.15, -0.1) is 0 Å². The Kier molecular flexibility index (Phi) is 0.883. The SMILES string of the molecule is NC1C[C@@H]2CC3C[C@H](C1)C32. The van der Waals surface area contributed by atoms with Crippen LogP contribution in [-0.4, -0.2) is 6.04 Å². The maximum atomic E-state index is 5.94. The van der Waals surface area contributed by atoms with Gasteiger partial charge in [0, 0.05) is 6.04 Å². The summed E-state index contributed by atoms with van der Waals surface area (Å²) in [6, 6.07) is 0.562. The maximum absolute atomic E-state index is 5.94. The second kappa shape index (κ2) is 1.58. The Labute approximate surface area is 62.0 Å². The highest BCUT2D eigenvalue weighted by Gasteiger charge is 2.56. The molecule has 0 amide bonds. The molecule has 3 aliphatic rings. The van der Waals surface area contributed by atoms with Crippen molar-refractivity contribution >= 4 is 0 Å². The second-order valence-corrected chi connectivity index (χ2v) is 4.56. The van der Waals surface area contributed by atoms with E-state index in [4.69, 9.17) is 5.73 Å². The minimum absolute atomic E-state index is 0.562. The summed E-state index contributed by atoms with van der Waals surface area (Å²) >= 11 is 0. The lowest BCUT2D eigenvalue weighted by atomic mass is 9.43. The van der Waals surface area contributed by atoms with Gasteiger partial charge >= 0.3 is 0 Å². The van der Waals surface area contributed by atoms with Crippen LogP contribution in [0.4, 0.5) is 0 Å². The summed E-state index contributed by atoms with van der Waals surface area (Å²) in [5, 5.41) is 0. The number of hydrogen-bond acceptors (Lipinski definition) is 1. The molecular formula is C9H15N. The van der Waals surface area contributed by atoms with E-state index in [0.29, 0.717) is 6.04 Å². The lowest BCUT2D eigenvalue weighted by molar-refractivity contribution is -0.125. The van der Waals surface area contributed by atoms with Gasteiger partial charge in [-0.1, -0.05) is 0 Å². The zero-order valence-corrected chi connectivity index (χ0v) is 6.29. The van der Waals surface area contributed by atoms with Crippen LogP contribution in [0.5, 0.6) is 0 Å². The highest BCUT2D eigenvalue weighted by Crippen LogP contribution is 2.63. The van der Waals surface area contributed by atoms with Crippen molar-refractivity contribution in [3.05, 3.63) is 0 Å². The topological polar surface area (TPSA) is 26.0 Å². The first-order valence-corrected chi connectivity index (χ1v) is 4.60. The number of hydrogen-bond donors (Lipinski definition) is 1. The van der Waals surface area contributed by atoms with E-state index < -0.39 is 0 Å². The van der Waals surface area contributed by atoms with Crippen LogP contribution in [0.2, 0.25) is 0 Å². The molecule has 0 aromatic carbocycles. The van der Waals surface area contributed by atoms with Crippen LogP contribution >= 0.6 is 0 Å². The molecule has 0 aliphatic heterocycles. The zero-order valence-electron chi connectivity index (χ0n) is 6.29. The molecule has 10 heavy (non-hydrogen) atoms. The van der Waals surface area contributed by atoms with Gasteiger partial charge < -0.3 is 5.73 Å². The van der Waals surface area contributed by atoms with Crippen molar-refractivity contribution in [1.29, 1.82) is 0 Å². The van der Waals surface area contributed by atoms with E-state index in [9.17, 15) is 0 Å². The third kappa shape index (κ3) is 0.493. The molecule has 0 aromatic rings. The molecule has 0 radical (unpaired) electrons. The molecule has 0 saturated heterocycles. The van der Waals surface area contributed by atoms with Crippen molar-refractivity contribution in [3.8, 4) is 0 Å². The van der Waals surface area contributed by atoms with Crippen molar-refractivity contribution in [2.75, 3.05) is 0 Å². The molecule has 0 aromatic heterocycles. The minimum atomic E-state index is 0.562. The smallest absolute Gasteiger partial charge is 0.00443 e. The average molecular weight is 137 g/mol. The molecular weight excluding hydrogens is 122 g/mol. The van der Waals surface area contributed by atoms with Crippen molar-refractivity contribution in [2.24, 2.45) is 29.4 Å². The van der Waals surface area contributed by atoms with Crippen molar-refractivity contribution in [3.63, 3.8) is 0 Å². The first kappa shape index (κ1) is 5.59. The van der Waals surface area contributed by atoms with Gasteiger partial charge in [0.1, 0.15) is 0 Å². The Bertz CT molecular complexity index is 150. The Hall–Kier alpha value is -0.0400. The van der Waals surface area contributed by atoms with Crippen LogP contribution in [0, 0.1) is 23.7 Å². The van der Waals surface area contributed by atoms with Gasteiger partial charge in [-0.05, 0) is 49.4 Å². The maximum Gasteiger partial charge on any atom is 0.00443 e. The van der Waals surface area contributed by atoms with Crippen molar-refractivity contribution in [2.45, 2.75) is 31.7 Å². The van der Waals surface area contributed by atoms with Crippen LogP contribution in [0.25, 0.3) is 0 Å². The molecule has 3 aliphatic carbocycles. The molecule has 0 bridgehead atoms. The fourth-order valence-electron chi connectivity index (χ4n) is 3.65. The van der Waals surface area contributed by atoms with Crippen molar-refractivity contribution in [1.82, 2.24) is 0 Å². The highest BCUT2D eigenvalue weighted by atomic mass is 14.7. The van der Waals surface area contributed by atoms with Crippen LogP contribution in [0.15, 0.2) is 0 Å². The van der Waals surface area contributed by atoms with Crippen molar-refractivity contribution < 1.29 is 0 Å². The van der Waals surface area contributed by atoms with Gasteiger partial charge in [0.2, 0.25) is 0 Å². The number of nitrogens with two attached hydrogens (primary N) is 1. The zero-order chi connectivity index (χ0) is 6.72. The van der Waals surface area contributed by atoms with Crippen LogP contribution in [-0.2, 0) is 0 Å². The van der Waals surface area contributed by atoms with Crippen LogP contribution < -0.4 is 5.73 Å². The summed E-state index contributed by atoms with van der Waals surface area (Å²) in [7, 11) is 0. The van der Waals surface area contributed by atoms with Crippen LogP contribution in [0.1, 0.15) is 25.7 Å². The lowest BCUT2D eigenvalue weighted by Crippen LogP contribution is -2.57.